The molecule has 4 heterocycles. The number of fused-ring (bicyclic) bond motifs is 1. The summed E-state index contributed by atoms with van der Waals surface area (Å²) in [6, 6.07) is 2.96. The van der Waals surface area contributed by atoms with Crippen molar-refractivity contribution in [2.75, 3.05) is 31.5 Å². The predicted octanol–water partition coefficient (Wildman–Crippen LogP) is 4.08. The molecular formula is C25H23ClF5N7O2. The van der Waals surface area contributed by atoms with Crippen molar-refractivity contribution < 1.29 is 31.5 Å². The molecule has 3 fully saturated rings. The summed E-state index contributed by atoms with van der Waals surface area (Å²) in [5.41, 5.74) is -1.41. The lowest BCUT2D eigenvalue weighted by Gasteiger charge is -2.18. The molecule has 3 unspecified atom stereocenters. The molecule has 6 rings (SSSR count). The fourth-order valence-electron chi connectivity index (χ4n) is 5.45. The Morgan fingerprint density at radius 3 is 2.45 bits per heavy atom. The molecule has 212 valence electrons. The first-order valence-electron chi connectivity index (χ1n) is 12.5. The molecule has 3 atom stereocenters. The van der Waals surface area contributed by atoms with Crippen LogP contribution in [0.15, 0.2) is 30.6 Å². The number of nitrogens with zero attached hydrogens (tertiary/aromatic N) is 5. The third-order valence-corrected chi connectivity index (χ3v) is 8.03. The van der Waals surface area contributed by atoms with Crippen LogP contribution in [-0.4, -0.2) is 68.1 Å². The highest BCUT2D eigenvalue weighted by Crippen LogP contribution is 2.53. The quantitative estimate of drug-likeness (QED) is 0.441. The summed E-state index contributed by atoms with van der Waals surface area (Å²) in [5, 5.41) is 9.41. The minimum atomic E-state index is -4.92. The summed E-state index contributed by atoms with van der Waals surface area (Å²) in [7, 11) is 1.33. The van der Waals surface area contributed by atoms with Gasteiger partial charge in [-0.1, -0.05) is 11.6 Å². The second-order valence-electron chi connectivity index (χ2n) is 10.4. The fraction of sp³-hybridized carbons (Fsp3) is 0.440. The normalized spacial score (nSPS) is 23.4. The Bertz CT molecular complexity index is 1510. The number of aromatic nitrogens is 4. The Hall–Kier alpha value is -3.52. The van der Waals surface area contributed by atoms with Gasteiger partial charge in [-0.25, -0.2) is 13.8 Å². The molecule has 0 radical (unpaired) electrons. The smallest absolute Gasteiger partial charge is 0.338 e. The Morgan fingerprint density at radius 2 is 1.85 bits per heavy atom. The van der Waals surface area contributed by atoms with E-state index in [2.05, 4.69) is 20.7 Å². The number of nitrogens with one attached hydrogen (secondary N) is 2. The van der Waals surface area contributed by atoms with Crippen LogP contribution in [0.4, 0.5) is 27.6 Å². The van der Waals surface area contributed by atoms with E-state index in [1.807, 2.05) is 0 Å². The van der Waals surface area contributed by atoms with Gasteiger partial charge in [-0.3, -0.25) is 14.3 Å². The third-order valence-electron chi connectivity index (χ3n) is 7.71. The molecule has 2 saturated heterocycles. The van der Waals surface area contributed by atoms with Crippen molar-refractivity contribution in [1.82, 2.24) is 29.5 Å². The number of likely N-dealkylation sites (tertiary alicyclic amines) is 1. The van der Waals surface area contributed by atoms with E-state index in [4.69, 9.17) is 11.6 Å². The SMILES string of the molecule is Cn1c(-c2cn(C3CC3(F)F)nc2C(F)(F)F)cnc1C(=O)Nc1ccc(C(=O)N2CC3CNCC3C2)c(Cl)c1. The average Bonchev–Trinajstić information content (AvgIpc) is 3.42. The van der Waals surface area contributed by atoms with E-state index in [9.17, 15) is 31.5 Å². The summed E-state index contributed by atoms with van der Waals surface area (Å²) in [6.45, 7) is 3.03. The molecule has 0 bridgehead atoms. The van der Waals surface area contributed by atoms with Gasteiger partial charge in [0.1, 0.15) is 6.04 Å². The van der Waals surface area contributed by atoms with Gasteiger partial charge in [0, 0.05) is 51.5 Å². The van der Waals surface area contributed by atoms with Crippen molar-refractivity contribution in [3.63, 3.8) is 0 Å². The molecule has 2 aliphatic heterocycles. The van der Waals surface area contributed by atoms with Gasteiger partial charge in [-0.15, -0.1) is 0 Å². The van der Waals surface area contributed by atoms with Crippen LogP contribution in [0.3, 0.4) is 0 Å². The van der Waals surface area contributed by atoms with Crippen LogP contribution < -0.4 is 10.6 Å². The standard InChI is InChI=1S/C25H23ClF5N7O2/c1-36-18(16-11-38(19-5-24(19,27)28)35-20(16)25(29,30)31)8-33-21(36)22(39)34-14-2-3-15(17(26)4-14)23(40)37-9-12-6-32-7-13(12)10-37/h2-4,8,11-13,19,32H,5-7,9-10H2,1H3,(H,34,39). The van der Waals surface area contributed by atoms with Crippen molar-refractivity contribution in [2.24, 2.45) is 18.9 Å². The van der Waals surface area contributed by atoms with E-state index in [0.29, 0.717) is 35.2 Å². The number of carbonyl (C=O) groups excluding carboxylic acids is 2. The first-order valence-corrected chi connectivity index (χ1v) is 12.9. The highest BCUT2D eigenvalue weighted by Gasteiger charge is 2.59. The van der Waals surface area contributed by atoms with Crippen LogP contribution in [0.1, 0.15) is 39.1 Å². The number of hydrogen-bond acceptors (Lipinski definition) is 5. The molecule has 2 aromatic heterocycles. The number of imidazole rings is 1. The Labute approximate surface area is 229 Å². The number of alkyl halides is 5. The minimum Gasteiger partial charge on any atom is -0.338 e. The first-order chi connectivity index (χ1) is 18.8. The molecule has 1 aromatic carbocycles. The summed E-state index contributed by atoms with van der Waals surface area (Å²) >= 11 is 6.38. The van der Waals surface area contributed by atoms with Gasteiger partial charge < -0.3 is 20.1 Å². The summed E-state index contributed by atoms with van der Waals surface area (Å²) in [6.07, 6.45) is -3.58. The lowest BCUT2D eigenvalue weighted by atomic mass is 10.0. The number of benzene rings is 1. The predicted molar refractivity (Wildman–Crippen MR) is 133 cm³/mol. The van der Waals surface area contributed by atoms with E-state index in [1.54, 1.807) is 4.90 Å². The Morgan fingerprint density at radius 1 is 1.18 bits per heavy atom. The van der Waals surface area contributed by atoms with Crippen molar-refractivity contribution in [3.05, 3.63) is 52.7 Å². The maximum atomic E-state index is 13.7. The van der Waals surface area contributed by atoms with Gasteiger partial charge in [0.05, 0.1) is 28.0 Å². The number of carbonyl (C=O) groups is 2. The molecule has 15 heteroatoms. The summed E-state index contributed by atoms with van der Waals surface area (Å²) < 4.78 is 69.8. The topological polar surface area (TPSA) is 97.1 Å². The van der Waals surface area contributed by atoms with Crippen LogP contribution in [-0.2, 0) is 13.2 Å². The van der Waals surface area contributed by atoms with Gasteiger partial charge in [0.2, 0.25) is 0 Å². The molecule has 1 aliphatic carbocycles. The van der Waals surface area contributed by atoms with Crippen molar-refractivity contribution in [1.29, 1.82) is 0 Å². The molecule has 0 spiro atoms. The number of amides is 2. The maximum Gasteiger partial charge on any atom is 0.435 e. The van der Waals surface area contributed by atoms with Crippen LogP contribution >= 0.6 is 11.6 Å². The van der Waals surface area contributed by atoms with Crippen LogP contribution in [0.2, 0.25) is 5.02 Å². The Balaban J connectivity index is 1.20. The largest absolute Gasteiger partial charge is 0.435 e. The molecule has 9 nitrogen and oxygen atoms in total. The van der Waals surface area contributed by atoms with Gasteiger partial charge in [-0.2, -0.15) is 18.3 Å². The second-order valence-corrected chi connectivity index (χ2v) is 10.8. The average molecular weight is 584 g/mol. The molecule has 3 aromatic rings. The zero-order chi connectivity index (χ0) is 28.6. The van der Waals surface area contributed by atoms with E-state index >= 15 is 0 Å². The van der Waals surface area contributed by atoms with Gasteiger partial charge in [0.25, 0.3) is 17.7 Å². The van der Waals surface area contributed by atoms with Gasteiger partial charge >= 0.3 is 6.18 Å². The summed E-state index contributed by atoms with van der Waals surface area (Å²) in [4.78, 5) is 31.7. The number of anilines is 1. The van der Waals surface area contributed by atoms with Crippen molar-refractivity contribution in [2.45, 2.75) is 24.6 Å². The molecule has 3 aliphatic rings. The lowest BCUT2D eigenvalue weighted by molar-refractivity contribution is -0.141. The number of rotatable bonds is 5. The highest BCUT2D eigenvalue weighted by molar-refractivity contribution is 6.34. The zero-order valence-corrected chi connectivity index (χ0v) is 21.7. The second kappa shape index (κ2) is 9.26. The number of hydrogen-bond donors (Lipinski definition) is 2. The number of halogens is 6. The van der Waals surface area contributed by atoms with E-state index in [0.717, 1.165) is 30.1 Å². The van der Waals surface area contributed by atoms with E-state index in [1.165, 1.54) is 25.2 Å². The van der Waals surface area contributed by atoms with Crippen molar-refractivity contribution >= 4 is 29.1 Å². The van der Waals surface area contributed by atoms with Crippen LogP contribution in [0, 0.1) is 11.8 Å². The monoisotopic (exact) mass is 583 g/mol. The molecule has 40 heavy (non-hydrogen) atoms. The molecular weight excluding hydrogens is 561 g/mol. The van der Waals surface area contributed by atoms with E-state index < -0.39 is 41.7 Å². The highest BCUT2D eigenvalue weighted by atomic mass is 35.5. The van der Waals surface area contributed by atoms with Gasteiger partial charge in [-0.05, 0) is 30.0 Å². The molecule has 1 saturated carbocycles. The Kier molecular flexibility index (Phi) is 6.18. The lowest BCUT2D eigenvalue weighted by Crippen LogP contribution is -2.32. The fourth-order valence-corrected chi connectivity index (χ4v) is 5.71. The van der Waals surface area contributed by atoms with Crippen molar-refractivity contribution in [3.8, 4) is 11.3 Å². The van der Waals surface area contributed by atoms with E-state index in [-0.39, 0.29) is 28.1 Å². The van der Waals surface area contributed by atoms with Crippen LogP contribution in [0.5, 0.6) is 0 Å². The first kappa shape index (κ1) is 26.7. The van der Waals surface area contributed by atoms with Crippen LogP contribution in [0.25, 0.3) is 11.3 Å². The zero-order valence-electron chi connectivity index (χ0n) is 21.0. The molecule has 2 amide bonds. The molecule has 2 N–H and O–H groups in total. The maximum absolute atomic E-state index is 13.7. The third kappa shape index (κ3) is 4.62. The minimum absolute atomic E-state index is 0.128. The van der Waals surface area contributed by atoms with Gasteiger partial charge in [0.15, 0.2) is 11.5 Å². The summed E-state index contributed by atoms with van der Waals surface area (Å²) in [5.74, 6) is -3.48.